The van der Waals surface area contributed by atoms with Crippen LogP contribution in [-0.4, -0.2) is 34.8 Å². The van der Waals surface area contributed by atoms with Gasteiger partial charge in [-0.2, -0.15) is 0 Å². The van der Waals surface area contributed by atoms with Gasteiger partial charge in [0.2, 0.25) is 5.91 Å². The molecule has 3 rings (SSSR count). The van der Waals surface area contributed by atoms with Gasteiger partial charge in [0.1, 0.15) is 5.69 Å². The molecule has 1 aliphatic rings. The molecule has 1 saturated heterocycles. The number of hydrogen-bond donors (Lipinski definition) is 1. The van der Waals surface area contributed by atoms with Gasteiger partial charge in [0.25, 0.3) is 5.91 Å². The van der Waals surface area contributed by atoms with E-state index in [9.17, 15) is 9.59 Å². The summed E-state index contributed by atoms with van der Waals surface area (Å²) in [6.07, 6.45) is 2.22. The zero-order chi connectivity index (χ0) is 17.1. The fourth-order valence-corrected chi connectivity index (χ4v) is 4.03. The maximum absolute atomic E-state index is 12.5. The van der Waals surface area contributed by atoms with Crippen molar-refractivity contribution < 1.29 is 9.59 Å². The van der Waals surface area contributed by atoms with Gasteiger partial charge >= 0.3 is 0 Å². The molecule has 126 valence electrons. The van der Waals surface area contributed by atoms with Crippen molar-refractivity contribution in [2.75, 3.05) is 13.1 Å². The molecule has 1 aromatic carbocycles. The summed E-state index contributed by atoms with van der Waals surface area (Å²) in [4.78, 5) is 29.9. The molecule has 2 aromatic rings. The predicted octanol–water partition coefficient (Wildman–Crippen LogP) is 2.50. The normalized spacial score (nSPS) is 15.5. The van der Waals surface area contributed by atoms with E-state index in [-0.39, 0.29) is 5.91 Å². The van der Waals surface area contributed by atoms with Crippen LogP contribution in [0.4, 0.5) is 0 Å². The average molecular weight is 343 g/mol. The number of thiazole rings is 1. The van der Waals surface area contributed by atoms with Crippen LogP contribution in [0.1, 0.15) is 45.4 Å². The summed E-state index contributed by atoms with van der Waals surface area (Å²) in [6.45, 7) is 3.51. The second-order valence-corrected chi connectivity index (χ2v) is 7.08. The SMILES string of the molecule is Cc1ccccc1CC(=O)N1CCC(c2nc(C(N)=O)cs2)CC1. The number of carbonyl (C=O) groups excluding carboxylic acids is 2. The molecule has 0 bridgehead atoms. The summed E-state index contributed by atoms with van der Waals surface area (Å²) in [5.74, 6) is 0.00803. The summed E-state index contributed by atoms with van der Waals surface area (Å²) >= 11 is 1.48. The van der Waals surface area contributed by atoms with Gasteiger partial charge in [0.05, 0.1) is 11.4 Å². The number of primary amides is 1. The number of benzene rings is 1. The second-order valence-electron chi connectivity index (χ2n) is 6.19. The lowest BCUT2D eigenvalue weighted by atomic mass is 9.96. The van der Waals surface area contributed by atoms with Crippen LogP contribution in [0, 0.1) is 6.92 Å². The fourth-order valence-electron chi connectivity index (χ4n) is 3.05. The second kappa shape index (κ2) is 7.13. The molecule has 1 aliphatic heterocycles. The summed E-state index contributed by atoms with van der Waals surface area (Å²) in [7, 11) is 0. The van der Waals surface area contributed by atoms with Gasteiger partial charge in [-0.3, -0.25) is 9.59 Å². The van der Waals surface area contributed by atoms with Gasteiger partial charge < -0.3 is 10.6 Å². The van der Waals surface area contributed by atoms with Crippen molar-refractivity contribution in [3.05, 3.63) is 51.5 Å². The van der Waals surface area contributed by atoms with Crippen LogP contribution in [-0.2, 0) is 11.2 Å². The Kier molecular flexibility index (Phi) is 4.94. The van der Waals surface area contributed by atoms with Crippen molar-refractivity contribution in [2.45, 2.75) is 32.1 Å². The van der Waals surface area contributed by atoms with Crippen molar-refractivity contribution in [2.24, 2.45) is 5.73 Å². The molecule has 0 radical (unpaired) electrons. The Labute approximate surface area is 145 Å². The minimum atomic E-state index is -0.483. The van der Waals surface area contributed by atoms with E-state index in [0.29, 0.717) is 18.0 Å². The Hall–Kier alpha value is -2.21. The summed E-state index contributed by atoms with van der Waals surface area (Å²) < 4.78 is 0. The topological polar surface area (TPSA) is 76.3 Å². The molecule has 2 amide bonds. The highest BCUT2D eigenvalue weighted by atomic mass is 32.1. The van der Waals surface area contributed by atoms with Gasteiger partial charge in [-0.05, 0) is 30.9 Å². The first-order valence-electron chi connectivity index (χ1n) is 8.12. The van der Waals surface area contributed by atoms with Crippen LogP contribution in [0.15, 0.2) is 29.6 Å². The van der Waals surface area contributed by atoms with E-state index in [1.807, 2.05) is 36.1 Å². The lowest BCUT2D eigenvalue weighted by Crippen LogP contribution is -2.38. The minimum absolute atomic E-state index is 0.180. The Bertz CT molecular complexity index is 748. The third-order valence-electron chi connectivity index (χ3n) is 4.57. The molecular formula is C18H21N3O2S. The number of rotatable bonds is 4. The van der Waals surface area contributed by atoms with Crippen LogP contribution in [0.25, 0.3) is 0 Å². The molecule has 0 spiro atoms. The van der Waals surface area contributed by atoms with Crippen molar-refractivity contribution in [3.63, 3.8) is 0 Å². The molecule has 6 heteroatoms. The van der Waals surface area contributed by atoms with Crippen molar-refractivity contribution in [1.82, 2.24) is 9.88 Å². The molecule has 0 atom stereocenters. The Morgan fingerprint density at radius 2 is 2.00 bits per heavy atom. The smallest absolute Gasteiger partial charge is 0.268 e. The van der Waals surface area contributed by atoms with E-state index >= 15 is 0 Å². The number of aromatic nitrogens is 1. The largest absolute Gasteiger partial charge is 0.364 e. The zero-order valence-corrected chi connectivity index (χ0v) is 14.5. The molecule has 2 heterocycles. The minimum Gasteiger partial charge on any atom is -0.364 e. The highest BCUT2D eigenvalue weighted by molar-refractivity contribution is 7.09. The molecule has 0 unspecified atom stereocenters. The van der Waals surface area contributed by atoms with Crippen molar-refractivity contribution in [3.8, 4) is 0 Å². The number of likely N-dealkylation sites (tertiary alicyclic amines) is 1. The van der Waals surface area contributed by atoms with Gasteiger partial charge in [0, 0.05) is 24.4 Å². The van der Waals surface area contributed by atoms with Crippen molar-refractivity contribution >= 4 is 23.2 Å². The van der Waals surface area contributed by atoms with Crippen LogP contribution in [0.2, 0.25) is 0 Å². The molecule has 0 aliphatic carbocycles. The average Bonchev–Trinajstić information content (AvgIpc) is 3.07. The number of hydrogen-bond acceptors (Lipinski definition) is 4. The first-order chi connectivity index (χ1) is 11.5. The van der Waals surface area contributed by atoms with Gasteiger partial charge in [-0.1, -0.05) is 24.3 Å². The highest BCUT2D eigenvalue weighted by Gasteiger charge is 2.26. The van der Waals surface area contributed by atoms with E-state index in [1.54, 1.807) is 5.38 Å². The summed E-state index contributed by atoms with van der Waals surface area (Å²) in [5, 5.41) is 2.67. The third kappa shape index (κ3) is 3.64. The van der Waals surface area contributed by atoms with Crippen LogP contribution >= 0.6 is 11.3 Å². The summed E-state index contributed by atoms with van der Waals surface area (Å²) in [5.41, 5.74) is 7.85. The number of piperidine rings is 1. The number of carbonyl (C=O) groups is 2. The quantitative estimate of drug-likeness (QED) is 0.926. The first kappa shape index (κ1) is 16.6. The van der Waals surface area contributed by atoms with Crippen molar-refractivity contribution in [1.29, 1.82) is 0 Å². The monoisotopic (exact) mass is 343 g/mol. The molecule has 1 fully saturated rings. The Balaban J connectivity index is 1.57. The summed E-state index contributed by atoms with van der Waals surface area (Å²) in [6, 6.07) is 8.01. The van der Waals surface area contributed by atoms with Gasteiger partial charge in [-0.25, -0.2) is 4.98 Å². The maximum atomic E-state index is 12.5. The van der Waals surface area contributed by atoms with Crippen LogP contribution < -0.4 is 5.73 Å². The number of amides is 2. The molecule has 5 nitrogen and oxygen atoms in total. The zero-order valence-electron chi connectivity index (χ0n) is 13.7. The predicted molar refractivity (Wildman–Crippen MR) is 94.1 cm³/mol. The van der Waals surface area contributed by atoms with E-state index in [2.05, 4.69) is 4.98 Å². The lowest BCUT2D eigenvalue weighted by Gasteiger charge is -2.31. The Morgan fingerprint density at radius 3 is 2.62 bits per heavy atom. The fraction of sp³-hybridized carbons (Fsp3) is 0.389. The molecule has 2 N–H and O–H groups in total. The molecular weight excluding hydrogens is 322 g/mol. The number of aryl methyl sites for hydroxylation is 1. The highest BCUT2D eigenvalue weighted by Crippen LogP contribution is 2.30. The van der Waals surface area contributed by atoms with E-state index in [4.69, 9.17) is 5.73 Å². The lowest BCUT2D eigenvalue weighted by molar-refractivity contribution is -0.131. The van der Waals surface area contributed by atoms with E-state index < -0.39 is 5.91 Å². The standard InChI is InChI=1S/C18H21N3O2S/c1-12-4-2-3-5-14(12)10-16(22)21-8-6-13(7-9-21)18-20-15(11-24-18)17(19)23/h2-5,11,13H,6-10H2,1H3,(H2,19,23). The number of nitrogens with two attached hydrogens (primary N) is 1. The van der Waals surface area contributed by atoms with Gasteiger partial charge in [-0.15, -0.1) is 11.3 Å². The molecule has 0 saturated carbocycles. The van der Waals surface area contributed by atoms with Crippen LogP contribution in [0.5, 0.6) is 0 Å². The maximum Gasteiger partial charge on any atom is 0.268 e. The third-order valence-corrected chi connectivity index (χ3v) is 5.58. The number of nitrogens with zero attached hydrogens (tertiary/aromatic N) is 2. The molecule has 1 aromatic heterocycles. The van der Waals surface area contributed by atoms with E-state index in [0.717, 1.165) is 42.1 Å². The van der Waals surface area contributed by atoms with Gasteiger partial charge in [0.15, 0.2) is 0 Å². The van der Waals surface area contributed by atoms with E-state index in [1.165, 1.54) is 11.3 Å². The Morgan fingerprint density at radius 1 is 1.29 bits per heavy atom. The molecule has 24 heavy (non-hydrogen) atoms. The van der Waals surface area contributed by atoms with Crippen LogP contribution in [0.3, 0.4) is 0 Å². The first-order valence-corrected chi connectivity index (χ1v) is 9.00.